The summed E-state index contributed by atoms with van der Waals surface area (Å²) in [6, 6.07) is 8.97. The minimum absolute atomic E-state index is 0.389. The van der Waals surface area contributed by atoms with Gasteiger partial charge in [0.25, 0.3) is 0 Å². The highest BCUT2D eigenvalue weighted by atomic mass is 15.2. The van der Waals surface area contributed by atoms with E-state index in [1.54, 1.807) is 5.56 Å². The van der Waals surface area contributed by atoms with Gasteiger partial charge in [0, 0.05) is 56.4 Å². The fourth-order valence-corrected chi connectivity index (χ4v) is 4.85. The molecule has 4 rings (SSSR count). The normalized spacial score (nSPS) is 23.7. The molecular formula is C21H31N3. The predicted molar refractivity (Wildman–Crippen MR) is 102 cm³/mol. The van der Waals surface area contributed by atoms with Gasteiger partial charge in [0.2, 0.25) is 0 Å². The molecule has 1 N–H and O–H groups in total. The van der Waals surface area contributed by atoms with Crippen LogP contribution in [0.2, 0.25) is 0 Å². The molecule has 0 unspecified atom stereocenters. The van der Waals surface area contributed by atoms with Gasteiger partial charge in [-0.2, -0.15) is 0 Å². The number of piperazine rings is 1. The molecule has 130 valence electrons. The van der Waals surface area contributed by atoms with Crippen LogP contribution >= 0.6 is 0 Å². The van der Waals surface area contributed by atoms with Gasteiger partial charge in [-0.1, -0.05) is 45.9 Å². The zero-order valence-corrected chi connectivity index (χ0v) is 15.6. The largest absolute Gasteiger partial charge is 0.346 e. The van der Waals surface area contributed by atoms with Crippen LogP contribution in [0.1, 0.15) is 39.2 Å². The van der Waals surface area contributed by atoms with Gasteiger partial charge in [-0.05, 0) is 28.4 Å². The van der Waals surface area contributed by atoms with E-state index in [1.165, 1.54) is 24.0 Å². The second kappa shape index (κ2) is 5.60. The van der Waals surface area contributed by atoms with Gasteiger partial charge in [-0.3, -0.25) is 4.90 Å². The van der Waals surface area contributed by atoms with E-state index < -0.39 is 0 Å². The van der Waals surface area contributed by atoms with E-state index in [1.807, 2.05) is 0 Å². The van der Waals surface area contributed by atoms with Gasteiger partial charge in [-0.15, -0.1) is 0 Å². The predicted octanol–water partition coefficient (Wildman–Crippen LogP) is 3.70. The van der Waals surface area contributed by atoms with Crippen LogP contribution in [0, 0.1) is 10.8 Å². The molecular weight excluding hydrogens is 294 g/mol. The molecule has 0 spiro atoms. The van der Waals surface area contributed by atoms with Gasteiger partial charge in [-0.25, -0.2) is 0 Å². The lowest BCUT2D eigenvalue weighted by Gasteiger charge is -2.27. The van der Waals surface area contributed by atoms with Crippen molar-refractivity contribution in [2.24, 2.45) is 10.8 Å². The minimum atomic E-state index is 0.389. The van der Waals surface area contributed by atoms with Crippen LogP contribution in [0.25, 0.3) is 10.9 Å². The Labute approximate surface area is 146 Å². The van der Waals surface area contributed by atoms with E-state index in [2.05, 4.69) is 72.9 Å². The lowest BCUT2D eigenvalue weighted by atomic mass is 10.0. The maximum absolute atomic E-state index is 3.44. The van der Waals surface area contributed by atoms with Crippen LogP contribution in [0.15, 0.2) is 30.5 Å². The molecule has 1 aromatic heterocycles. The van der Waals surface area contributed by atoms with E-state index >= 15 is 0 Å². The Hall–Kier alpha value is -1.32. The number of hydrogen-bond donors (Lipinski definition) is 1. The summed E-state index contributed by atoms with van der Waals surface area (Å²) in [5.74, 6) is 0.662. The molecule has 0 amide bonds. The molecule has 1 saturated heterocycles. The molecule has 2 fully saturated rings. The number of nitrogens with one attached hydrogen (secondary N) is 1. The number of rotatable bonds is 4. The number of para-hydroxylation sites is 1. The number of benzene rings is 1. The first-order valence-electron chi connectivity index (χ1n) is 9.44. The van der Waals surface area contributed by atoms with E-state index in [4.69, 9.17) is 0 Å². The molecule has 24 heavy (non-hydrogen) atoms. The molecule has 1 saturated carbocycles. The van der Waals surface area contributed by atoms with E-state index in [0.717, 1.165) is 26.2 Å². The lowest BCUT2D eigenvalue weighted by molar-refractivity contribution is 0.233. The Kier molecular flexibility index (Phi) is 3.77. The van der Waals surface area contributed by atoms with Crippen LogP contribution < -0.4 is 5.32 Å². The molecule has 0 atom stereocenters. The zero-order chi connectivity index (χ0) is 16.9. The Balaban J connectivity index is 1.62. The summed E-state index contributed by atoms with van der Waals surface area (Å²) in [6.07, 6.45) is 2.45. The highest BCUT2D eigenvalue weighted by Crippen LogP contribution is 2.74. The van der Waals surface area contributed by atoms with Gasteiger partial charge < -0.3 is 9.88 Å². The molecule has 3 nitrogen and oxygen atoms in total. The van der Waals surface area contributed by atoms with Crippen molar-refractivity contribution in [1.29, 1.82) is 0 Å². The molecule has 3 heteroatoms. The zero-order valence-electron chi connectivity index (χ0n) is 15.6. The molecule has 1 aliphatic carbocycles. The summed E-state index contributed by atoms with van der Waals surface area (Å²) >= 11 is 0. The number of aromatic nitrogens is 1. The number of fused-ring (bicyclic) bond motifs is 1. The van der Waals surface area contributed by atoms with Crippen molar-refractivity contribution in [3.05, 3.63) is 36.0 Å². The van der Waals surface area contributed by atoms with Crippen LogP contribution in [-0.4, -0.2) is 42.2 Å². The first kappa shape index (κ1) is 16.2. The fourth-order valence-electron chi connectivity index (χ4n) is 4.85. The minimum Gasteiger partial charge on any atom is -0.346 e. The molecule has 1 aliphatic heterocycles. The number of nitrogens with zero attached hydrogens (tertiary/aromatic N) is 2. The average molecular weight is 326 g/mol. The van der Waals surface area contributed by atoms with Crippen molar-refractivity contribution in [1.82, 2.24) is 14.8 Å². The van der Waals surface area contributed by atoms with E-state index in [0.29, 0.717) is 16.7 Å². The summed E-state index contributed by atoms with van der Waals surface area (Å²) in [5.41, 5.74) is 3.74. The Morgan fingerprint density at radius 1 is 1.00 bits per heavy atom. The fraction of sp³-hybridized carbons (Fsp3) is 0.619. The SMILES string of the molecule is CC1(C)C(c2cn(CCN3CCNCC3)c3ccccc23)C1(C)C. The third kappa shape index (κ3) is 2.41. The standard InChI is InChI=1S/C21H31N3/c1-20(2)19(21(20,3)4)17-15-24(18-8-6-5-7-16(17)18)14-13-23-11-9-22-10-12-23/h5-8,15,19,22H,9-14H2,1-4H3. The van der Waals surface area contributed by atoms with Crippen molar-refractivity contribution in [3.63, 3.8) is 0 Å². The maximum atomic E-state index is 3.44. The van der Waals surface area contributed by atoms with E-state index in [-0.39, 0.29) is 0 Å². The van der Waals surface area contributed by atoms with Gasteiger partial charge in [0.05, 0.1) is 0 Å². The summed E-state index contributed by atoms with van der Waals surface area (Å²) in [4.78, 5) is 2.58. The van der Waals surface area contributed by atoms with Crippen molar-refractivity contribution in [2.45, 2.75) is 40.2 Å². The van der Waals surface area contributed by atoms with E-state index in [9.17, 15) is 0 Å². The van der Waals surface area contributed by atoms with Gasteiger partial charge >= 0.3 is 0 Å². The Morgan fingerprint density at radius 2 is 1.67 bits per heavy atom. The summed E-state index contributed by atoms with van der Waals surface area (Å²) < 4.78 is 2.50. The Morgan fingerprint density at radius 3 is 2.33 bits per heavy atom. The van der Waals surface area contributed by atoms with Gasteiger partial charge in [0.1, 0.15) is 0 Å². The van der Waals surface area contributed by atoms with Crippen LogP contribution in [-0.2, 0) is 6.54 Å². The topological polar surface area (TPSA) is 20.2 Å². The first-order chi connectivity index (χ1) is 11.4. The second-order valence-corrected chi connectivity index (χ2v) is 8.76. The van der Waals surface area contributed by atoms with Crippen LogP contribution in [0.3, 0.4) is 0 Å². The Bertz CT molecular complexity index is 721. The van der Waals surface area contributed by atoms with Crippen molar-refractivity contribution in [3.8, 4) is 0 Å². The molecule has 0 radical (unpaired) electrons. The third-order valence-electron chi connectivity index (χ3n) is 7.02. The summed E-state index contributed by atoms with van der Waals surface area (Å²) in [5, 5.41) is 4.90. The number of hydrogen-bond acceptors (Lipinski definition) is 2. The van der Waals surface area contributed by atoms with Crippen LogP contribution in [0.4, 0.5) is 0 Å². The lowest BCUT2D eigenvalue weighted by Crippen LogP contribution is -2.44. The third-order valence-corrected chi connectivity index (χ3v) is 7.02. The summed E-state index contributed by atoms with van der Waals surface area (Å²) in [7, 11) is 0. The maximum Gasteiger partial charge on any atom is 0.0483 e. The van der Waals surface area contributed by atoms with Crippen LogP contribution in [0.5, 0.6) is 0 Å². The average Bonchev–Trinajstić information content (AvgIpc) is 2.84. The second-order valence-electron chi connectivity index (χ2n) is 8.76. The quantitative estimate of drug-likeness (QED) is 0.925. The molecule has 2 aliphatic rings. The molecule has 1 aromatic carbocycles. The highest BCUT2D eigenvalue weighted by Gasteiger charge is 2.65. The molecule has 2 aromatic rings. The smallest absolute Gasteiger partial charge is 0.0483 e. The van der Waals surface area contributed by atoms with Crippen molar-refractivity contribution in [2.75, 3.05) is 32.7 Å². The monoisotopic (exact) mass is 325 g/mol. The molecule has 2 heterocycles. The highest BCUT2D eigenvalue weighted by molar-refractivity contribution is 5.85. The van der Waals surface area contributed by atoms with Crippen molar-refractivity contribution < 1.29 is 0 Å². The first-order valence-corrected chi connectivity index (χ1v) is 9.44. The van der Waals surface area contributed by atoms with Gasteiger partial charge in [0.15, 0.2) is 0 Å². The summed E-state index contributed by atoms with van der Waals surface area (Å²) in [6.45, 7) is 16.5. The van der Waals surface area contributed by atoms with Crippen molar-refractivity contribution >= 4 is 10.9 Å². The molecule has 0 bridgehead atoms.